The SMILES string of the molecule is Cc1ccc(N2CC[C@H](C(=O)N[C@@H]3CC[C@H](N(C)C)C3)C2=O)cc1C. The van der Waals surface area contributed by atoms with Gasteiger partial charge in [-0.2, -0.15) is 0 Å². The van der Waals surface area contributed by atoms with E-state index in [-0.39, 0.29) is 17.9 Å². The van der Waals surface area contributed by atoms with Gasteiger partial charge in [-0.3, -0.25) is 9.59 Å². The minimum absolute atomic E-state index is 0.0668. The quantitative estimate of drug-likeness (QED) is 0.853. The number of anilines is 1. The number of hydrogen-bond donors (Lipinski definition) is 1. The average molecular weight is 343 g/mol. The van der Waals surface area contributed by atoms with Gasteiger partial charge in [-0.15, -0.1) is 0 Å². The van der Waals surface area contributed by atoms with E-state index in [9.17, 15) is 9.59 Å². The molecule has 1 heterocycles. The van der Waals surface area contributed by atoms with Gasteiger partial charge in [0.05, 0.1) is 0 Å². The molecule has 2 fully saturated rings. The van der Waals surface area contributed by atoms with Crippen LogP contribution in [-0.2, 0) is 9.59 Å². The number of nitrogens with zero attached hydrogens (tertiary/aromatic N) is 2. The second kappa shape index (κ2) is 7.16. The van der Waals surface area contributed by atoms with Crippen LogP contribution in [0.4, 0.5) is 5.69 Å². The molecule has 3 atom stereocenters. The average Bonchev–Trinajstić information content (AvgIpc) is 3.17. The maximum Gasteiger partial charge on any atom is 0.239 e. The van der Waals surface area contributed by atoms with E-state index in [4.69, 9.17) is 0 Å². The van der Waals surface area contributed by atoms with Crippen molar-refractivity contribution in [3.63, 3.8) is 0 Å². The highest BCUT2D eigenvalue weighted by Gasteiger charge is 2.39. The third-order valence-corrected chi connectivity index (χ3v) is 5.81. The highest BCUT2D eigenvalue weighted by Crippen LogP contribution is 2.28. The highest BCUT2D eigenvalue weighted by molar-refractivity contribution is 6.09. The summed E-state index contributed by atoms with van der Waals surface area (Å²) in [5, 5.41) is 3.12. The normalized spacial score (nSPS) is 26.5. The van der Waals surface area contributed by atoms with Crippen molar-refractivity contribution in [2.24, 2.45) is 5.92 Å². The van der Waals surface area contributed by atoms with Crippen LogP contribution in [0.3, 0.4) is 0 Å². The Balaban J connectivity index is 1.61. The fourth-order valence-corrected chi connectivity index (χ4v) is 3.93. The van der Waals surface area contributed by atoms with Crippen molar-refractivity contribution < 1.29 is 9.59 Å². The molecule has 5 nitrogen and oxygen atoms in total. The monoisotopic (exact) mass is 343 g/mol. The fourth-order valence-electron chi connectivity index (χ4n) is 3.93. The molecule has 0 bridgehead atoms. The Morgan fingerprint density at radius 3 is 2.56 bits per heavy atom. The minimum atomic E-state index is -0.542. The number of carbonyl (C=O) groups excluding carboxylic acids is 2. The molecule has 1 saturated carbocycles. The van der Waals surface area contributed by atoms with Gasteiger partial charge >= 0.3 is 0 Å². The number of carbonyl (C=O) groups is 2. The van der Waals surface area contributed by atoms with E-state index >= 15 is 0 Å². The van der Waals surface area contributed by atoms with E-state index in [2.05, 4.69) is 31.2 Å². The van der Waals surface area contributed by atoms with Gasteiger partial charge in [0.15, 0.2) is 0 Å². The van der Waals surface area contributed by atoms with E-state index in [1.807, 2.05) is 25.1 Å². The molecule has 1 saturated heterocycles. The lowest BCUT2D eigenvalue weighted by Gasteiger charge is -2.20. The molecule has 0 spiro atoms. The predicted octanol–water partition coefficient (Wildman–Crippen LogP) is 2.26. The summed E-state index contributed by atoms with van der Waals surface area (Å²) >= 11 is 0. The van der Waals surface area contributed by atoms with Crippen LogP contribution in [-0.4, -0.2) is 49.4 Å². The molecule has 1 aromatic rings. The van der Waals surface area contributed by atoms with Crippen molar-refractivity contribution in [3.8, 4) is 0 Å². The molecule has 2 amide bonds. The van der Waals surface area contributed by atoms with Crippen LogP contribution in [0.25, 0.3) is 0 Å². The van der Waals surface area contributed by atoms with Crippen LogP contribution in [0.5, 0.6) is 0 Å². The Labute approximate surface area is 150 Å². The highest BCUT2D eigenvalue weighted by atomic mass is 16.2. The Morgan fingerprint density at radius 2 is 1.92 bits per heavy atom. The molecule has 3 rings (SSSR count). The van der Waals surface area contributed by atoms with E-state index < -0.39 is 5.92 Å². The lowest BCUT2D eigenvalue weighted by molar-refractivity contribution is -0.132. The third-order valence-electron chi connectivity index (χ3n) is 5.81. The van der Waals surface area contributed by atoms with Gasteiger partial charge in [0.1, 0.15) is 5.92 Å². The molecule has 0 aromatic heterocycles. The zero-order valence-corrected chi connectivity index (χ0v) is 15.7. The van der Waals surface area contributed by atoms with Crippen molar-refractivity contribution in [2.75, 3.05) is 25.5 Å². The maximum atomic E-state index is 12.7. The number of aryl methyl sites for hydroxylation is 2. The van der Waals surface area contributed by atoms with Gasteiger partial charge in [0.2, 0.25) is 11.8 Å². The first-order chi connectivity index (χ1) is 11.9. The van der Waals surface area contributed by atoms with E-state index in [0.29, 0.717) is 19.0 Å². The van der Waals surface area contributed by atoms with E-state index in [1.54, 1.807) is 4.90 Å². The molecule has 5 heteroatoms. The summed E-state index contributed by atoms with van der Waals surface area (Å²) in [6, 6.07) is 6.76. The van der Waals surface area contributed by atoms with Crippen LogP contribution < -0.4 is 10.2 Å². The second-order valence-corrected chi connectivity index (χ2v) is 7.74. The summed E-state index contributed by atoms with van der Waals surface area (Å²) < 4.78 is 0. The molecule has 1 aliphatic carbocycles. The van der Waals surface area contributed by atoms with Crippen molar-refractivity contribution >= 4 is 17.5 Å². The maximum absolute atomic E-state index is 12.7. The molecule has 1 N–H and O–H groups in total. The lowest BCUT2D eigenvalue weighted by Crippen LogP contribution is -2.41. The number of benzene rings is 1. The summed E-state index contributed by atoms with van der Waals surface area (Å²) in [5.41, 5.74) is 3.28. The van der Waals surface area contributed by atoms with Crippen LogP contribution in [0.1, 0.15) is 36.8 Å². The number of amides is 2. The van der Waals surface area contributed by atoms with E-state index in [0.717, 1.165) is 24.9 Å². The molecule has 2 aliphatic rings. The van der Waals surface area contributed by atoms with E-state index in [1.165, 1.54) is 11.1 Å². The number of nitrogens with one attached hydrogen (secondary N) is 1. The Morgan fingerprint density at radius 1 is 1.16 bits per heavy atom. The van der Waals surface area contributed by atoms with Crippen LogP contribution >= 0.6 is 0 Å². The van der Waals surface area contributed by atoms with Crippen molar-refractivity contribution in [1.29, 1.82) is 0 Å². The number of rotatable bonds is 4. The molecule has 25 heavy (non-hydrogen) atoms. The number of hydrogen-bond acceptors (Lipinski definition) is 3. The van der Waals surface area contributed by atoms with Crippen molar-refractivity contribution in [3.05, 3.63) is 29.3 Å². The lowest BCUT2D eigenvalue weighted by atomic mass is 10.1. The third kappa shape index (κ3) is 3.71. The zero-order valence-electron chi connectivity index (χ0n) is 15.7. The smallest absolute Gasteiger partial charge is 0.239 e. The first-order valence-electron chi connectivity index (χ1n) is 9.22. The summed E-state index contributed by atoms with van der Waals surface area (Å²) in [4.78, 5) is 29.3. The topological polar surface area (TPSA) is 52.7 Å². The predicted molar refractivity (Wildman–Crippen MR) is 99.6 cm³/mol. The van der Waals surface area contributed by atoms with Crippen molar-refractivity contribution in [2.45, 2.75) is 51.6 Å². The first kappa shape index (κ1) is 17.9. The zero-order chi connectivity index (χ0) is 18.1. The summed E-state index contributed by atoms with van der Waals surface area (Å²) in [6.45, 7) is 4.72. The molecule has 0 unspecified atom stereocenters. The minimum Gasteiger partial charge on any atom is -0.353 e. The fraction of sp³-hybridized carbons (Fsp3) is 0.600. The largest absolute Gasteiger partial charge is 0.353 e. The summed E-state index contributed by atoms with van der Waals surface area (Å²) in [5.74, 6) is -0.705. The van der Waals surface area contributed by atoms with Gasteiger partial charge in [0.25, 0.3) is 0 Å². The van der Waals surface area contributed by atoms with Crippen LogP contribution in [0.15, 0.2) is 18.2 Å². The molecular formula is C20H29N3O2. The Kier molecular flexibility index (Phi) is 5.13. The van der Waals surface area contributed by atoms with Gasteiger partial charge < -0.3 is 15.1 Å². The van der Waals surface area contributed by atoms with Crippen LogP contribution in [0, 0.1) is 19.8 Å². The van der Waals surface area contributed by atoms with Gasteiger partial charge in [0, 0.05) is 24.3 Å². The molecule has 0 radical (unpaired) electrons. The second-order valence-electron chi connectivity index (χ2n) is 7.74. The summed E-state index contributed by atoms with van der Waals surface area (Å²) in [6.07, 6.45) is 3.67. The van der Waals surface area contributed by atoms with Crippen LogP contribution in [0.2, 0.25) is 0 Å². The standard InChI is InChI=1S/C20H29N3O2/c1-13-5-7-17(11-14(13)2)23-10-9-18(20(23)25)19(24)21-15-6-8-16(12-15)22(3)4/h5,7,11,15-16,18H,6,8-10,12H2,1-4H3,(H,21,24)/t15-,16+,18-/m1/s1. The first-order valence-corrected chi connectivity index (χ1v) is 9.22. The molecular weight excluding hydrogens is 314 g/mol. The molecule has 1 aliphatic heterocycles. The van der Waals surface area contributed by atoms with Gasteiger partial charge in [-0.1, -0.05) is 6.07 Å². The Hall–Kier alpha value is -1.88. The van der Waals surface area contributed by atoms with Crippen molar-refractivity contribution in [1.82, 2.24) is 10.2 Å². The van der Waals surface area contributed by atoms with Gasteiger partial charge in [-0.25, -0.2) is 0 Å². The summed E-state index contributed by atoms with van der Waals surface area (Å²) in [7, 11) is 4.16. The Bertz CT molecular complexity index is 671. The molecule has 1 aromatic carbocycles. The van der Waals surface area contributed by atoms with Gasteiger partial charge in [-0.05, 0) is 76.9 Å². The molecule has 136 valence electrons.